The number of benzene rings is 1. The zero-order valence-electron chi connectivity index (χ0n) is 10.1. The Morgan fingerprint density at radius 1 is 1.19 bits per heavy atom. The van der Waals surface area contributed by atoms with Gasteiger partial charge in [0, 0.05) is 0 Å². The third kappa shape index (κ3) is 2.85. The van der Waals surface area contributed by atoms with Crippen LogP contribution in [0.5, 0.6) is 0 Å². The molecule has 2 rings (SSSR count). The van der Waals surface area contributed by atoms with Gasteiger partial charge >= 0.3 is 0 Å². The van der Waals surface area contributed by atoms with Crippen molar-refractivity contribution in [1.29, 1.82) is 0 Å². The van der Waals surface area contributed by atoms with Crippen LogP contribution in [0.15, 0.2) is 30.3 Å². The monoisotopic (exact) mass is 218 g/mol. The summed E-state index contributed by atoms with van der Waals surface area (Å²) < 4.78 is 0. The fourth-order valence-electron chi connectivity index (χ4n) is 2.83. The molecule has 0 saturated heterocycles. The summed E-state index contributed by atoms with van der Waals surface area (Å²) in [6, 6.07) is 10.7. The van der Waals surface area contributed by atoms with Crippen molar-refractivity contribution < 1.29 is 5.11 Å². The molecule has 0 heterocycles. The van der Waals surface area contributed by atoms with Crippen LogP contribution in [0.3, 0.4) is 0 Å². The first-order valence-electron chi connectivity index (χ1n) is 6.50. The molecule has 1 fully saturated rings. The molecular formula is C15H22O. The predicted molar refractivity (Wildman–Crippen MR) is 67.4 cm³/mol. The smallest absolute Gasteiger partial charge is 0.0568 e. The first kappa shape index (κ1) is 11.7. The maximum atomic E-state index is 9.96. The summed E-state index contributed by atoms with van der Waals surface area (Å²) in [5, 5.41) is 9.96. The molecule has 1 N–H and O–H groups in total. The summed E-state index contributed by atoms with van der Waals surface area (Å²) in [5.74, 6) is 1.09. The number of rotatable bonds is 3. The highest BCUT2D eigenvalue weighted by Gasteiger charge is 2.24. The first-order valence-corrected chi connectivity index (χ1v) is 6.50. The lowest BCUT2D eigenvalue weighted by atomic mass is 9.79. The van der Waals surface area contributed by atoms with Gasteiger partial charge in [-0.3, -0.25) is 0 Å². The lowest BCUT2D eigenvalue weighted by Crippen LogP contribution is -2.25. The molecule has 1 aromatic rings. The van der Waals surface area contributed by atoms with Crippen molar-refractivity contribution in [2.75, 3.05) is 0 Å². The van der Waals surface area contributed by atoms with Crippen molar-refractivity contribution in [2.45, 2.75) is 51.0 Å². The van der Waals surface area contributed by atoms with Crippen molar-refractivity contribution in [1.82, 2.24) is 0 Å². The van der Waals surface area contributed by atoms with Crippen molar-refractivity contribution in [2.24, 2.45) is 5.92 Å². The second kappa shape index (κ2) is 5.49. The Balaban J connectivity index is 1.94. The lowest BCUT2D eigenvalue weighted by Gasteiger charge is -2.29. The van der Waals surface area contributed by atoms with Gasteiger partial charge in [0.05, 0.1) is 6.10 Å². The van der Waals surface area contributed by atoms with Crippen molar-refractivity contribution in [3.05, 3.63) is 35.9 Å². The summed E-state index contributed by atoms with van der Waals surface area (Å²) in [7, 11) is 0. The minimum absolute atomic E-state index is 0.0556. The molecule has 16 heavy (non-hydrogen) atoms. The molecule has 88 valence electrons. The van der Waals surface area contributed by atoms with Crippen molar-refractivity contribution in [3.8, 4) is 0 Å². The maximum absolute atomic E-state index is 9.96. The van der Waals surface area contributed by atoms with Crippen molar-refractivity contribution in [3.63, 3.8) is 0 Å². The van der Waals surface area contributed by atoms with Gasteiger partial charge in [-0.05, 0) is 36.7 Å². The van der Waals surface area contributed by atoms with Crippen LogP contribution in [-0.4, -0.2) is 11.2 Å². The van der Waals surface area contributed by atoms with E-state index in [9.17, 15) is 5.11 Å². The zero-order chi connectivity index (χ0) is 11.4. The van der Waals surface area contributed by atoms with Gasteiger partial charge in [0.1, 0.15) is 0 Å². The summed E-state index contributed by atoms with van der Waals surface area (Å²) in [6.45, 7) is 2.27. The molecule has 0 amide bonds. The molecule has 3 atom stereocenters. The predicted octanol–water partition coefficient (Wildman–Crippen LogP) is 3.73. The third-order valence-corrected chi connectivity index (χ3v) is 3.89. The van der Waals surface area contributed by atoms with Gasteiger partial charge in [0.2, 0.25) is 0 Å². The Hall–Kier alpha value is -0.820. The van der Waals surface area contributed by atoms with Crippen LogP contribution in [0, 0.1) is 5.92 Å². The highest BCUT2D eigenvalue weighted by molar-refractivity contribution is 5.18. The SMILES string of the molecule is CC(C[C@H]1CCCC[C@@H]1O)c1ccccc1. The summed E-state index contributed by atoms with van der Waals surface area (Å²) in [5.41, 5.74) is 1.40. The Labute approximate surface area is 98.5 Å². The molecule has 1 aliphatic carbocycles. The van der Waals surface area contributed by atoms with E-state index < -0.39 is 0 Å². The lowest BCUT2D eigenvalue weighted by molar-refractivity contribution is 0.0622. The number of hydrogen-bond acceptors (Lipinski definition) is 1. The van der Waals surface area contributed by atoms with E-state index in [1.165, 1.54) is 24.8 Å². The molecule has 0 radical (unpaired) electrons. The van der Waals surface area contributed by atoms with E-state index in [4.69, 9.17) is 0 Å². The molecule has 0 aromatic heterocycles. The standard InChI is InChI=1S/C15H22O/c1-12(13-7-3-2-4-8-13)11-14-9-5-6-10-15(14)16/h2-4,7-8,12,14-16H,5-6,9-11H2,1H3/t12?,14-,15+/m1/s1. The quantitative estimate of drug-likeness (QED) is 0.819. The minimum atomic E-state index is -0.0556. The molecular weight excluding hydrogens is 196 g/mol. The number of aliphatic hydroxyl groups excluding tert-OH is 1. The molecule has 0 bridgehead atoms. The summed E-state index contributed by atoms with van der Waals surface area (Å²) in [4.78, 5) is 0. The van der Waals surface area contributed by atoms with Crippen LogP contribution in [0.25, 0.3) is 0 Å². The topological polar surface area (TPSA) is 20.2 Å². The van der Waals surface area contributed by atoms with Gasteiger partial charge < -0.3 is 5.11 Å². The average Bonchev–Trinajstić information content (AvgIpc) is 2.33. The minimum Gasteiger partial charge on any atom is -0.393 e. The van der Waals surface area contributed by atoms with Gasteiger partial charge in [0.15, 0.2) is 0 Å². The maximum Gasteiger partial charge on any atom is 0.0568 e. The Kier molecular flexibility index (Phi) is 4.00. The van der Waals surface area contributed by atoms with Gasteiger partial charge in [0.25, 0.3) is 0 Å². The van der Waals surface area contributed by atoms with E-state index in [1.54, 1.807) is 0 Å². The van der Waals surface area contributed by atoms with E-state index in [0.29, 0.717) is 11.8 Å². The molecule has 1 aliphatic rings. The van der Waals surface area contributed by atoms with Crippen LogP contribution < -0.4 is 0 Å². The number of hydrogen-bond donors (Lipinski definition) is 1. The fourth-order valence-corrected chi connectivity index (χ4v) is 2.83. The van der Waals surface area contributed by atoms with Gasteiger partial charge in [-0.2, -0.15) is 0 Å². The molecule has 1 heteroatoms. The van der Waals surface area contributed by atoms with E-state index in [-0.39, 0.29) is 6.10 Å². The van der Waals surface area contributed by atoms with Crippen LogP contribution in [0.2, 0.25) is 0 Å². The van der Waals surface area contributed by atoms with Crippen molar-refractivity contribution >= 4 is 0 Å². The highest BCUT2D eigenvalue weighted by Crippen LogP contribution is 2.32. The van der Waals surface area contributed by atoms with E-state index in [0.717, 1.165) is 12.8 Å². The highest BCUT2D eigenvalue weighted by atomic mass is 16.3. The molecule has 0 spiro atoms. The normalized spacial score (nSPS) is 27.6. The van der Waals surface area contributed by atoms with Crippen LogP contribution in [0.1, 0.15) is 50.5 Å². The molecule has 1 aromatic carbocycles. The molecule has 1 unspecified atom stereocenters. The fraction of sp³-hybridized carbons (Fsp3) is 0.600. The largest absolute Gasteiger partial charge is 0.393 e. The Bertz CT molecular complexity index is 306. The van der Waals surface area contributed by atoms with Gasteiger partial charge in [-0.25, -0.2) is 0 Å². The first-order chi connectivity index (χ1) is 7.77. The van der Waals surface area contributed by atoms with Gasteiger partial charge in [-0.1, -0.05) is 50.1 Å². The Morgan fingerprint density at radius 2 is 1.88 bits per heavy atom. The Morgan fingerprint density at radius 3 is 2.56 bits per heavy atom. The second-order valence-corrected chi connectivity index (χ2v) is 5.16. The second-order valence-electron chi connectivity index (χ2n) is 5.16. The van der Waals surface area contributed by atoms with Crippen LogP contribution >= 0.6 is 0 Å². The molecule has 1 nitrogen and oxygen atoms in total. The summed E-state index contributed by atoms with van der Waals surface area (Å²) in [6.07, 6.45) is 5.79. The third-order valence-electron chi connectivity index (χ3n) is 3.89. The van der Waals surface area contributed by atoms with E-state index in [1.807, 2.05) is 0 Å². The van der Waals surface area contributed by atoms with Crippen LogP contribution in [-0.2, 0) is 0 Å². The number of aliphatic hydroxyl groups is 1. The summed E-state index contributed by atoms with van der Waals surface area (Å²) >= 11 is 0. The molecule has 0 aliphatic heterocycles. The molecule has 1 saturated carbocycles. The zero-order valence-corrected chi connectivity index (χ0v) is 10.1. The average molecular weight is 218 g/mol. The van der Waals surface area contributed by atoms with Crippen LogP contribution in [0.4, 0.5) is 0 Å². The van der Waals surface area contributed by atoms with Gasteiger partial charge in [-0.15, -0.1) is 0 Å². The van der Waals surface area contributed by atoms with E-state index in [2.05, 4.69) is 37.3 Å². The van der Waals surface area contributed by atoms with E-state index >= 15 is 0 Å².